The predicted octanol–water partition coefficient (Wildman–Crippen LogP) is 0.858. The molecule has 0 spiro atoms. The van der Waals surface area contributed by atoms with Crippen LogP contribution in [0.3, 0.4) is 0 Å². The van der Waals surface area contributed by atoms with Crippen LogP contribution in [0, 0.1) is 5.92 Å². The summed E-state index contributed by atoms with van der Waals surface area (Å²) in [6.07, 6.45) is 0.753. The minimum Gasteiger partial charge on any atom is -0.497 e. The monoisotopic (exact) mass is 292 g/mol. The standard InChI is InChI=1S/C14H16N2O5/c1-21-9-3-4-11(10(6-9)14(19)20)16-13(18)8-2-5-12(17)15-7-8/h3-4,6,8H,2,5,7H2,1H3,(H,15,17)(H,16,18)(H,19,20). The molecule has 1 aromatic rings. The van der Waals surface area contributed by atoms with Crippen molar-refractivity contribution < 1.29 is 24.2 Å². The highest BCUT2D eigenvalue weighted by atomic mass is 16.5. The van der Waals surface area contributed by atoms with Gasteiger partial charge in [-0.2, -0.15) is 0 Å². The average Bonchev–Trinajstić information content (AvgIpc) is 2.48. The van der Waals surface area contributed by atoms with Crippen molar-refractivity contribution in [2.24, 2.45) is 5.92 Å². The highest BCUT2D eigenvalue weighted by molar-refractivity contribution is 6.01. The van der Waals surface area contributed by atoms with E-state index in [1.165, 1.54) is 19.2 Å². The molecule has 3 N–H and O–H groups in total. The number of anilines is 1. The molecular weight excluding hydrogens is 276 g/mol. The van der Waals surface area contributed by atoms with Gasteiger partial charge in [0.05, 0.1) is 24.3 Å². The van der Waals surface area contributed by atoms with Crippen LogP contribution in [0.4, 0.5) is 5.69 Å². The largest absolute Gasteiger partial charge is 0.497 e. The quantitative estimate of drug-likeness (QED) is 0.763. The third-order valence-corrected chi connectivity index (χ3v) is 3.35. The summed E-state index contributed by atoms with van der Waals surface area (Å²) in [7, 11) is 1.43. The lowest BCUT2D eigenvalue weighted by Gasteiger charge is -2.22. The minimum atomic E-state index is -1.15. The number of aromatic carboxylic acids is 1. The van der Waals surface area contributed by atoms with Gasteiger partial charge in [-0.15, -0.1) is 0 Å². The van der Waals surface area contributed by atoms with Crippen molar-refractivity contribution in [3.63, 3.8) is 0 Å². The first-order chi connectivity index (χ1) is 10.0. The molecule has 1 heterocycles. The van der Waals surface area contributed by atoms with E-state index in [0.717, 1.165) is 0 Å². The van der Waals surface area contributed by atoms with E-state index in [-0.39, 0.29) is 35.5 Å². The van der Waals surface area contributed by atoms with Crippen molar-refractivity contribution in [3.05, 3.63) is 23.8 Å². The Morgan fingerprint density at radius 3 is 2.76 bits per heavy atom. The van der Waals surface area contributed by atoms with Crippen LogP contribution in [0.15, 0.2) is 18.2 Å². The van der Waals surface area contributed by atoms with E-state index in [2.05, 4.69) is 10.6 Å². The van der Waals surface area contributed by atoms with Crippen molar-refractivity contribution in [1.29, 1.82) is 0 Å². The molecule has 1 saturated heterocycles. The Balaban J connectivity index is 2.13. The molecule has 2 rings (SSSR count). The minimum absolute atomic E-state index is 0.0393. The number of piperidine rings is 1. The Morgan fingerprint density at radius 2 is 2.19 bits per heavy atom. The van der Waals surface area contributed by atoms with Crippen molar-refractivity contribution in [2.75, 3.05) is 19.0 Å². The molecule has 1 aromatic carbocycles. The van der Waals surface area contributed by atoms with Gasteiger partial charge >= 0.3 is 5.97 Å². The van der Waals surface area contributed by atoms with Gasteiger partial charge in [0.1, 0.15) is 5.75 Å². The fourth-order valence-corrected chi connectivity index (χ4v) is 2.13. The van der Waals surface area contributed by atoms with Gasteiger partial charge in [0, 0.05) is 13.0 Å². The summed E-state index contributed by atoms with van der Waals surface area (Å²) in [5, 5.41) is 14.4. The first-order valence-electron chi connectivity index (χ1n) is 6.50. The Bertz CT molecular complexity index is 575. The van der Waals surface area contributed by atoms with E-state index in [9.17, 15) is 19.5 Å². The zero-order chi connectivity index (χ0) is 15.4. The lowest BCUT2D eigenvalue weighted by molar-refractivity contribution is -0.126. The SMILES string of the molecule is COc1ccc(NC(=O)C2CCC(=O)NC2)c(C(=O)O)c1. The van der Waals surface area contributed by atoms with Gasteiger partial charge in [-0.3, -0.25) is 9.59 Å². The molecule has 7 nitrogen and oxygen atoms in total. The number of nitrogens with one attached hydrogen (secondary N) is 2. The highest BCUT2D eigenvalue weighted by Gasteiger charge is 2.25. The molecule has 0 radical (unpaired) electrons. The zero-order valence-electron chi connectivity index (χ0n) is 11.5. The van der Waals surface area contributed by atoms with Gasteiger partial charge in [0.15, 0.2) is 0 Å². The Labute approximate surface area is 121 Å². The van der Waals surface area contributed by atoms with Crippen LogP contribution in [-0.4, -0.2) is 36.5 Å². The summed E-state index contributed by atoms with van der Waals surface area (Å²) in [5.74, 6) is -1.49. The molecular formula is C14H16N2O5. The van der Waals surface area contributed by atoms with Gasteiger partial charge in [0.25, 0.3) is 0 Å². The first-order valence-corrected chi connectivity index (χ1v) is 6.50. The zero-order valence-corrected chi connectivity index (χ0v) is 11.5. The summed E-state index contributed by atoms with van der Waals surface area (Å²) in [6, 6.07) is 4.41. The van der Waals surface area contributed by atoms with Crippen molar-refractivity contribution in [2.45, 2.75) is 12.8 Å². The van der Waals surface area contributed by atoms with Gasteiger partial charge in [-0.05, 0) is 24.6 Å². The number of hydrogen-bond donors (Lipinski definition) is 3. The molecule has 1 aliphatic heterocycles. The maximum Gasteiger partial charge on any atom is 0.337 e. The molecule has 21 heavy (non-hydrogen) atoms. The molecule has 0 saturated carbocycles. The molecule has 1 atom stereocenters. The number of carboxylic acids is 1. The number of methoxy groups -OCH3 is 1. The molecule has 1 unspecified atom stereocenters. The number of ether oxygens (including phenoxy) is 1. The summed E-state index contributed by atoms with van der Waals surface area (Å²) in [6.45, 7) is 0.267. The van der Waals surface area contributed by atoms with Crippen LogP contribution in [0.25, 0.3) is 0 Å². The predicted molar refractivity (Wildman–Crippen MR) is 74.3 cm³/mol. The second kappa shape index (κ2) is 6.25. The van der Waals surface area contributed by atoms with Gasteiger partial charge in [-0.25, -0.2) is 4.79 Å². The third kappa shape index (κ3) is 3.50. The summed E-state index contributed by atoms with van der Waals surface area (Å²) >= 11 is 0. The lowest BCUT2D eigenvalue weighted by atomic mass is 9.98. The van der Waals surface area contributed by atoms with E-state index in [0.29, 0.717) is 18.6 Å². The second-order valence-electron chi connectivity index (χ2n) is 4.75. The van der Waals surface area contributed by atoms with E-state index < -0.39 is 5.97 Å². The summed E-state index contributed by atoms with van der Waals surface area (Å²) < 4.78 is 4.97. The first kappa shape index (κ1) is 14.8. The number of hydrogen-bond acceptors (Lipinski definition) is 4. The van der Waals surface area contributed by atoms with Crippen LogP contribution < -0.4 is 15.4 Å². The van der Waals surface area contributed by atoms with Crippen molar-refractivity contribution in [3.8, 4) is 5.75 Å². The summed E-state index contributed by atoms with van der Waals surface area (Å²) in [4.78, 5) is 34.4. The normalized spacial score (nSPS) is 17.8. The molecule has 112 valence electrons. The number of carbonyl (C=O) groups is 3. The number of carbonyl (C=O) groups excluding carboxylic acids is 2. The molecule has 0 aliphatic carbocycles. The van der Waals surface area contributed by atoms with Gasteiger partial charge < -0.3 is 20.5 Å². The molecule has 0 aromatic heterocycles. The van der Waals surface area contributed by atoms with E-state index in [4.69, 9.17) is 4.74 Å². The Kier molecular flexibility index (Phi) is 4.42. The Hall–Kier alpha value is -2.57. The Morgan fingerprint density at radius 1 is 1.43 bits per heavy atom. The van der Waals surface area contributed by atoms with Gasteiger partial charge in [0.2, 0.25) is 11.8 Å². The number of amides is 2. The second-order valence-corrected chi connectivity index (χ2v) is 4.75. The van der Waals surface area contributed by atoms with Crippen LogP contribution in [0.2, 0.25) is 0 Å². The van der Waals surface area contributed by atoms with E-state index in [1.807, 2.05) is 0 Å². The molecule has 1 aliphatic rings. The topological polar surface area (TPSA) is 105 Å². The van der Waals surface area contributed by atoms with Crippen LogP contribution in [0.1, 0.15) is 23.2 Å². The molecule has 1 fully saturated rings. The number of rotatable bonds is 4. The van der Waals surface area contributed by atoms with Crippen LogP contribution in [-0.2, 0) is 9.59 Å². The molecule has 0 bridgehead atoms. The van der Waals surface area contributed by atoms with Crippen LogP contribution in [0.5, 0.6) is 5.75 Å². The van der Waals surface area contributed by atoms with Crippen molar-refractivity contribution in [1.82, 2.24) is 5.32 Å². The average molecular weight is 292 g/mol. The fourth-order valence-electron chi connectivity index (χ4n) is 2.13. The van der Waals surface area contributed by atoms with E-state index in [1.54, 1.807) is 6.07 Å². The highest BCUT2D eigenvalue weighted by Crippen LogP contribution is 2.23. The van der Waals surface area contributed by atoms with Crippen LogP contribution >= 0.6 is 0 Å². The molecule has 2 amide bonds. The third-order valence-electron chi connectivity index (χ3n) is 3.35. The van der Waals surface area contributed by atoms with Gasteiger partial charge in [-0.1, -0.05) is 0 Å². The lowest BCUT2D eigenvalue weighted by Crippen LogP contribution is -2.40. The van der Waals surface area contributed by atoms with Crippen molar-refractivity contribution >= 4 is 23.5 Å². The maximum absolute atomic E-state index is 12.1. The smallest absolute Gasteiger partial charge is 0.337 e. The fraction of sp³-hybridized carbons (Fsp3) is 0.357. The number of carboxylic acid groups (broad SMARTS) is 1. The maximum atomic E-state index is 12.1. The number of benzene rings is 1. The molecule has 7 heteroatoms. The van der Waals surface area contributed by atoms with E-state index >= 15 is 0 Å². The summed E-state index contributed by atoms with van der Waals surface area (Å²) in [5.41, 5.74) is 0.174.